The van der Waals surface area contributed by atoms with E-state index in [0.29, 0.717) is 5.56 Å². The van der Waals surface area contributed by atoms with Crippen molar-refractivity contribution in [2.24, 2.45) is 0 Å². The predicted octanol–water partition coefficient (Wildman–Crippen LogP) is 3.99. The van der Waals surface area contributed by atoms with Crippen molar-refractivity contribution in [3.63, 3.8) is 0 Å². The molecule has 0 fully saturated rings. The lowest BCUT2D eigenvalue weighted by atomic mass is 10.1. The van der Waals surface area contributed by atoms with Crippen molar-refractivity contribution in [2.45, 2.75) is 19.4 Å². The van der Waals surface area contributed by atoms with Gasteiger partial charge in [0.25, 0.3) is 0 Å². The zero-order valence-electron chi connectivity index (χ0n) is 10.4. The molecule has 2 aromatic carbocycles. The minimum absolute atomic E-state index is 0.182. The molecule has 2 aromatic rings. The van der Waals surface area contributed by atoms with E-state index in [4.69, 9.17) is 4.74 Å². The van der Waals surface area contributed by atoms with E-state index < -0.39 is 0 Å². The summed E-state index contributed by atoms with van der Waals surface area (Å²) >= 11 is 0. The zero-order chi connectivity index (χ0) is 12.8. The van der Waals surface area contributed by atoms with Gasteiger partial charge in [0.1, 0.15) is 6.10 Å². The Kier molecular flexibility index (Phi) is 4.13. The van der Waals surface area contributed by atoms with E-state index in [0.717, 1.165) is 12.0 Å². The van der Waals surface area contributed by atoms with Gasteiger partial charge >= 0.3 is 5.97 Å². The van der Waals surface area contributed by atoms with E-state index in [-0.39, 0.29) is 12.1 Å². The largest absolute Gasteiger partial charge is 0.454 e. The van der Waals surface area contributed by atoms with Crippen LogP contribution in [0.1, 0.15) is 35.4 Å². The summed E-state index contributed by atoms with van der Waals surface area (Å²) in [6.07, 6.45) is 0.585. The number of carbonyl (C=O) groups is 1. The minimum atomic E-state index is -0.272. The van der Waals surface area contributed by atoms with E-state index in [1.807, 2.05) is 55.5 Å². The highest BCUT2D eigenvalue weighted by atomic mass is 16.5. The highest BCUT2D eigenvalue weighted by molar-refractivity contribution is 5.89. The first kappa shape index (κ1) is 12.4. The van der Waals surface area contributed by atoms with Crippen molar-refractivity contribution in [3.8, 4) is 0 Å². The number of ether oxygens (including phenoxy) is 1. The van der Waals surface area contributed by atoms with Gasteiger partial charge in [0.2, 0.25) is 0 Å². The number of esters is 1. The summed E-state index contributed by atoms with van der Waals surface area (Å²) in [7, 11) is 0. The summed E-state index contributed by atoms with van der Waals surface area (Å²) in [5.41, 5.74) is 1.62. The van der Waals surface area contributed by atoms with Gasteiger partial charge in [-0.05, 0) is 24.1 Å². The van der Waals surface area contributed by atoms with Gasteiger partial charge in [-0.2, -0.15) is 0 Å². The Morgan fingerprint density at radius 3 is 2.11 bits per heavy atom. The maximum atomic E-state index is 12.0. The van der Waals surface area contributed by atoms with Crippen molar-refractivity contribution in [1.29, 1.82) is 0 Å². The molecule has 2 rings (SSSR count). The first-order valence-corrected chi connectivity index (χ1v) is 6.12. The molecule has 0 bridgehead atoms. The van der Waals surface area contributed by atoms with Gasteiger partial charge in [-0.1, -0.05) is 55.5 Å². The van der Waals surface area contributed by atoms with Crippen LogP contribution in [0.4, 0.5) is 0 Å². The molecule has 0 aliphatic rings. The molecule has 0 radical (unpaired) electrons. The second-order valence-electron chi connectivity index (χ2n) is 4.08. The van der Waals surface area contributed by atoms with E-state index in [9.17, 15) is 4.79 Å². The fraction of sp³-hybridized carbons (Fsp3) is 0.188. The van der Waals surface area contributed by atoms with Crippen molar-refractivity contribution in [2.75, 3.05) is 0 Å². The van der Waals surface area contributed by atoms with Crippen LogP contribution in [0.25, 0.3) is 0 Å². The highest BCUT2D eigenvalue weighted by Gasteiger charge is 2.15. The molecule has 0 aliphatic heterocycles. The van der Waals surface area contributed by atoms with Crippen LogP contribution in [0.2, 0.25) is 0 Å². The van der Waals surface area contributed by atoms with Crippen LogP contribution in [-0.2, 0) is 4.74 Å². The molecular weight excluding hydrogens is 224 g/mol. The van der Waals surface area contributed by atoms with E-state index >= 15 is 0 Å². The normalized spacial score (nSPS) is 11.8. The quantitative estimate of drug-likeness (QED) is 0.755. The van der Waals surface area contributed by atoms with E-state index in [1.54, 1.807) is 12.1 Å². The van der Waals surface area contributed by atoms with Crippen LogP contribution in [0.15, 0.2) is 60.7 Å². The average Bonchev–Trinajstić information content (AvgIpc) is 2.46. The third kappa shape index (κ3) is 2.98. The molecule has 92 valence electrons. The van der Waals surface area contributed by atoms with Crippen LogP contribution in [0.5, 0.6) is 0 Å². The van der Waals surface area contributed by atoms with Crippen LogP contribution in [0.3, 0.4) is 0 Å². The lowest BCUT2D eigenvalue weighted by Gasteiger charge is -2.16. The third-order valence-electron chi connectivity index (χ3n) is 2.80. The Bertz CT molecular complexity index is 491. The molecule has 0 aromatic heterocycles. The lowest BCUT2D eigenvalue weighted by molar-refractivity contribution is 0.0288. The first-order chi connectivity index (χ1) is 8.81. The van der Waals surface area contributed by atoms with Crippen LogP contribution in [0, 0.1) is 0 Å². The average molecular weight is 240 g/mol. The van der Waals surface area contributed by atoms with Crippen LogP contribution in [-0.4, -0.2) is 5.97 Å². The Hall–Kier alpha value is -2.09. The maximum absolute atomic E-state index is 12.0. The SMILES string of the molecule is CC[C@H](OC(=O)c1ccccc1)c1ccccc1. The van der Waals surface area contributed by atoms with Gasteiger partial charge in [0.05, 0.1) is 5.56 Å². The fourth-order valence-corrected chi connectivity index (χ4v) is 1.83. The van der Waals surface area contributed by atoms with Crippen LogP contribution >= 0.6 is 0 Å². The molecule has 0 saturated heterocycles. The number of hydrogen-bond donors (Lipinski definition) is 0. The number of hydrogen-bond acceptors (Lipinski definition) is 2. The Labute approximate surface area is 107 Å². The monoisotopic (exact) mass is 240 g/mol. The molecule has 0 saturated carbocycles. The van der Waals surface area contributed by atoms with Crippen molar-refractivity contribution in [1.82, 2.24) is 0 Å². The fourth-order valence-electron chi connectivity index (χ4n) is 1.83. The van der Waals surface area contributed by atoms with Gasteiger partial charge in [-0.25, -0.2) is 4.79 Å². The van der Waals surface area contributed by atoms with Gasteiger partial charge in [-0.3, -0.25) is 0 Å². The molecule has 0 aliphatic carbocycles. The molecule has 2 nitrogen and oxygen atoms in total. The molecule has 0 amide bonds. The summed E-state index contributed by atoms with van der Waals surface area (Å²) in [4.78, 5) is 12.0. The highest BCUT2D eigenvalue weighted by Crippen LogP contribution is 2.22. The molecule has 1 atom stereocenters. The summed E-state index contributed by atoms with van der Waals surface area (Å²) in [6, 6.07) is 18.9. The molecule has 0 heterocycles. The maximum Gasteiger partial charge on any atom is 0.338 e. The molecule has 18 heavy (non-hydrogen) atoms. The summed E-state index contributed by atoms with van der Waals surface area (Å²) < 4.78 is 5.53. The summed E-state index contributed by atoms with van der Waals surface area (Å²) in [6.45, 7) is 2.01. The topological polar surface area (TPSA) is 26.3 Å². The number of rotatable bonds is 4. The number of benzene rings is 2. The van der Waals surface area contributed by atoms with Crippen molar-refractivity contribution < 1.29 is 9.53 Å². The van der Waals surface area contributed by atoms with Crippen molar-refractivity contribution >= 4 is 5.97 Å². The van der Waals surface area contributed by atoms with Gasteiger partial charge in [0, 0.05) is 0 Å². The Morgan fingerprint density at radius 1 is 1.00 bits per heavy atom. The Balaban J connectivity index is 2.10. The molecule has 2 heteroatoms. The summed E-state index contributed by atoms with van der Waals surface area (Å²) in [5, 5.41) is 0. The Morgan fingerprint density at radius 2 is 1.56 bits per heavy atom. The summed E-state index contributed by atoms with van der Waals surface area (Å²) in [5.74, 6) is -0.272. The van der Waals surface area contributed by atoms with Gasteiger partial charge < -0.3 is 4.74 Å². The second kappa shape index (κ2) is 6.01. The van der Waals surface area contributed by atoms with E-state index in [2.05, 4.69) is 0 Å². The number of carbonyl (C=O) groups excluding carboxylic acids is 1. The second-order valence-corrected chi connectivity index (χ2v) is 4.08. The lowest BCUT2D eigenvalue weighted by Crippen LogP contribution is -2.10. The van der Waals surface area contributed by atoms with Crippen LogP contribution < -0.4 is 0 Å². The molecule has 0 N–H and O–H groups in total. The zero-order valence-corrected chi connectivity index (χ0v) is 10.4. The third-order valence-corrected chi connectivity index (χ3v) is 2.80. The predicted molar refractivity (Wildman–Crippen MR) is 71.3 cm³/mol. The van der Waals surface area contributed by atoms with E-state index in [1.165, 1.54) is 0 Å². The van der Waals surface area contributed by atoms with Gasteiger partial charge in [-0.15, -0.1) is 0 Å². The minimum Gasteiger partial charge on any atom is -0.454 e. The van der Waals surface area contributed by atoms with Crippen molar-refractivity contribution in [3.05, 3.63) is 71.8 Å². The standard InChI is InChI=1S/C16H16O2/c1-2-15(13-9-5-3-6-10-13)18-16(17)14-11-7-4-8-12-14/h3-12,15H,2H2,1H3/t15-/m0/s1. The first-order valence-electron chi connectivity index (χ1n) is 6.12. The van der Waals surface area contributed by atoms with Gasteiger partial charge in [0.15, 0.2) is 0 Å². The molecule has 0 unspecified atom stereocenters. The molecule has 0 spiro atoms. The smallest absolute Gasteiger partial charge is 0.338 e. The molecular formula is C16H16O2.